The molecule has 4 heteroatoms. The van der Waals surface area contributed by atoms with Gasteiger partial charge in [0.25, 0.3) is 0 Å². The first kappa shape index (κ1) is 28.6. The van der Waals surface area contributed by atoms with Crippen molar-refractivity contribution < 1.29 is 19.1 Å². The molecule has 28 heavy (non-hydrogen) atoms. The van der Waals surface area contributed by atoms with Crippen LogP contribution in [0.2, 0.25) is 0 Å². The molecule has 0 spiro atoms. The largest absolute Gasteiger partial charge is 0.463 e. The fourth-order valence-electron chi connectivity index (χ4n) is 2.58. The lowest BCUT2D eigenvalue weighted by Gasteiger charge is -2.01. The van der Waals surface area contributed by atoms with E-state index in [0.717, 1.165) is 25.7 Å². The minimum absolute atomic E-state index is 0.309. The van der Waals surface area contributed by atoms with Gasteiger partial charge >= 0.3 is 11.9 Å². The smallest absolute Gasteiger partial charge is 0.330 e. The maximum Gasteiger partial charge on any atom is 0.330 e. The van der Waals surface area contributed by atoms with E-state index in [1.165, 1.54) is 76.4 Å². The third-order valence-corrected chi connectivity index (χ3v) is 4.32. The monoisotopic (exact) mass is 396 g/mol. The molecule has 0 N–H and O–H groups in total. The molecule has 0 bridgehead atoms. The molecule has 0 aliphatic carbocycles. The molecule has 0 aromatic rings. The van der Waals surface area contributed by atoms with Crippen molar-refractivity contribution in [2.75, 3.05) is 13.2 Å². The summed E-state index contributed by atoms with van der Waals surface area (Å²) in [5.74, 6) is -0.619. The van der Waals surface area contributed by atoms with Crippen LogP contribution in [-0.4, -0.2) is 25.2 Å². The Kier molecular flexibility index (Phi) is 26.0. The Labute approximate surface area is 173 Å². The normalized spacial score (nSPS) is 9.79. The number of ether oxygens (including phenoxy) is 2. The first-order valence-corrected chi connectivity index (χ1v) is 11.2. The van der Waals surface area contributed by atoms with Gasteiger partial charge < -0.3 is 9.47 Å². The summed E-state index contributed by atoms with van der Waals surface area (Å²) in [6.45, 7) is 12.2. The van der Waals surface area contributed by atoms with Gasteiger partial charge in [-0.2, -0.15) is 0 Å². The van der Waals surface area contributed by atoms with Crippen LogP contribution < -0.4 is 0 Å². The number of rotatable bonds is 18. The van der Waals surface area contributed by atoms with Gasteiger partial charge in [-0.25, -0.2) is 9.59 Å². The predicted molar refractivity (Wildman–Crippen MR) is 118 cm³/mol. The zero-order chi connectivity index (χ0) is 21.3. The highest BCUT2D eigenvalue weighted by Gasteiger charge is 1.96. The molecule has 0 amide bonds. The molecule has 0 radical (unpaired) electrons. The lowest BCUT2D eigenvalue weighted by Crippen LogP contribution is -2.01. The summed E-state index contributed by atoms with van der Waals surface area (Å²) in [6, 6.07) is 0. The Hall–Kier alpha value is -1.58. The third kappa shape index (κ3) is 26.6. The van der Waals surface area contributed by atoms with Gasteiger partial charge in [0, 0.05) is 12.2 Å². The Balaban J connectivity index is 0. The molecule has 0 heterocycles. The molecule has 4 nitrogen and oxygen atoms in total. The van der Waals surface area contributed by atoms with Crippen LogP contribution in [0.1, 0.15) is 104 Å². The van der Waals surface area contributed by atoms with Crippen LogP contribution in [0, 0.1) is 0 Å². The SMILES string of the molecule is C=CC(=O)OCCCCCCCCC.C=CC(=O)OCCCCCCCCC. The van der Waals surface area contributed by atoms with Crippen LogP contribution in [0.15, 0.2) is 25.3 Å². The Morgan fingerprint density at radius 3 is 1.14 bits per heavy atom. The molecule has 0 aliphatic heterocycles. The zero-order valence-corrected chi connectivity index (χ0v) is 18.5. The van der Waals surface area contributed by atoms with E-state index in [1.54, 1.807) is 0 Å². The summed E-state index contributed by atoms with van der Waals surface area (Å²) in [5, 5.41) is 0. The van der Waals surface area contributed by atoms with Gasteiger partial charge in [-0.3, -0.25) is 0 Å². The minimum Gasteiger partial charge on any atom is -0.463 e. The van der Waals surface area contributed by atoms with Crippen LogP contribution in [0.4, 0.5) is 0 Å². The first-order valence-electron chi connectivity index (χ1n) is 11.2. The van der Waals surface area contributed by atoms with Gasteiger partial charge in [-0.1, -0.05) is 104 Å². The summed E-state index contributed by atoms with van der Waals surface area (Å²) in [5.41, 5.74) is 0. The highest BCUT2D eigenvalue weighted by molar-refractivity contribution is 5.81. The van der Waals surface area contributed by atoms with E-state index in [-0.39, 0.29) is 11.9 Å². The molecule has 0 saturated heterocycles. The van der Waals surface area contributed by atoms with E-state index in [0.29, 0.717) is 13.2 Å². The van der Waals surface area contributed by atoms with Gasteiger partial charge in [0.15, 0.2) is 0 Å². The molecular weight excluding hydrogens is 352 g/mol. The molecule has 0 atom stereocenters. The standard InChI is InChI=1S/2C12H22O2/c2*1-3-5-6-7-8-9-10-11-14-12(13)4-2/h2*4H,2-3,5-11H2,1H3. The van der Waals surface area contributed by atoms with Gasteiger partial charge in [-0.05, 0) is 12.8 Å². The lowest BCUT2D eigenvalue weighted by molar-refractivity contribution is -0.138. The van der Waals surface area contributed by atoms with Crippen LogP contribution in [0.3, 0.4) is 0 Å². The minimum atomic E-state index is -0.309. The first-order chi connectivity index (χ1) is 13.6. The van der Waals surface area contributed by atoms with Crippen LogP contribution in [0.25, 0.3) is 0 Å². The zero-order valence-electron chi connectivity index (χ0n) is 18.5. The fourth-order valence-corrected chi connectivity index (χ4v) is 2.58. The van der Waals surface area contributed by atoms with Crippen LogP contribution >= 0.6 is 0 Å². The molecule has 0 aromatic heterocycles. The molecule has 0 fully saturated rings. The number of unbranched alkanes of at least 4 members (excludes halogenated alkanes) is 12. The quantitative estimate of drug-likeness (QED) is 0.143. The second-order valence-corrected chi connectivity index (χ2v) is 6.99. The van der Waals surface area contributed by atoms with Gasteiger partial charge in [0.2, 0.25) is 0 Å². The number of hydrogen-bond donors (Lipinski definition) is 0. The number of hydrogen-bond acceptors (Lipinski definition) is 4. The third-order valence-electron chi connectivity index (χ3n) is 4.32. The summed E-state index contributed by atoms with van der Waals surface area (Å²) >= 11 is 0. The van der Waals surface area contributed by atoms with Crippen molar-refractivity contribution in [2.45, 2.75) is 104 Å². The molecule has 0 aliphatic rings. The van der Waals surface area contributed by atoms with Crippen molar-refractivity contribution in [1.29, 1.82) is 0 Å². The van der Waals surface area contributed by atoms with E-state index < -0.39 is 0 Å². The van der Waals surface area contributed by atoms with Crippen LogP contribution in [-0.2, 0) is 19.1 Å². The van der Waals surface area contributed by atoms with Crippen molar-refractivity contribution >= 4 is 11.9 Å². The average Bonchev–Trinajstić information content (AvgIpc) is 2.72. The second kappa shape index (κ2) is 25.4. The fraction of sp³-hybridized carbons (Fsp3) is 0.750. The molecule has 0 rings (SSSR count). The Morgan fingerprint density at radius 1 is 0.571 bits per heavy atom. The summed E-state index contributed by atoms with van der Waals surface area (Å²) in [4.78, 5) is 21.3. The molecule has 0 unspecified atom stereocenters. The van der Waals surface area contributed by atoms with E-state index in [9.17, 15) is 9.59 Å². The van der Waals surface area contributed by atoms with Crippen molar-refractivity contribution in [3.8, 4) is 0 Å². The predicted octanol–water partition coefficient (Wildman–Crippen LogP) is 6.93. The maximum absolute atomic E-state index is 10.6. The van der Waals surface area contributed by atoms with Crippen molar-refractivity contribution in [2.24, 2.45) is 0 Å². The highest BCUT2D eigenvalue weighted by atomic mass is 16.5. The summed E-state index contributed by atoms with van der Waals surface area (Å²) in [6.07, 6.45) is 19.8. The Bertz CT molecular complexity index is 341. The van der Waals surface area contributed by atoms with Gasteiger partial charge in [0.05, 0.1) is 13.2 Å². The number of carbonyl (C=O) groups is 2. The van der Waals surface area contributed by atoms with Crippen molar-refractivity contribution in [3.05, 3.63) is 25.3 Å². The Morgan fingerprint density at radius 2 is 0.857 bits per heavy atom. The van der Waals surface area contributed by atoms with Crippen LogP contribution in [0.5, 0.6) is 0 Å². The van der Waals surface area contributed by atoms with Crippen molar-refractivity contribution in [1.82, 2.24) is 0 Å². The summed E-state index contributed by atoms with van der Waals surface area (Å²) < 4.78 is 9.72. The lowest BCUT2D eigenvalue weighted by atomic mass is 10.1. The summed E-state index contributed by atoms with van der Waals surface area (Å²) in [7, 11) is 0. The number of esters is 2. The molecule has 164 valence electrons. The van der Waals surface area contributed by atoms with E-state index >= 15 is 0 Å². The van der Waals surface area contributed by atoms with E-state index in [4.69, 9.17) is 9.47 Å². The topological polar surface area (TPSA) is 52.6 Å². The molecule has 0 saturated carbocycles. The van der Waals surface area contributed by atoms with Gasteiger partial charge in [0.1, 0.15) is 0 Å². The van der Waals surface area contributed by atoms with Gasteiger partial charge in [-0.15, -0.1) is 0 Å². The van der Waals surface area contributed by atoms with E-state index in [1.807, 2.05) is 0 Å². The maximum atomic E-state index is 10.6. The highest BCUT2D eigenvalue weighted by Crippen LogP contribution is 2.07. The second-order valence-electron chi connectivity index (χ2n) is 6.99. The van der Waals surface area contributed by atoms with Crippen molar-refractivity contribution in [3.63, 3.8) is 0 Å². The molecule has 0 aromatic carbocycles. The molecular formula is C24H44O4. The average molecular weight is 397 g/mol. The van der Waals surface area contributed by atoms with E-state index in [2.05, 4.69) is 27.0 Å². The number of carbonyl (C=O) groups excluding carboxylic acids is 2.